The van der Waals surface area contributed by atoms with E-state index in [1.807, 2.05) is 24.3 Å². The first-order valence-electron chi connectivity index (χ1n) is 8.14. The highest BCUT2D eigenvalue weighted by Crippen LogP contribution is 2.24. The molecule has 2 N–H and O–H groups in total. The van der Waals surface area contributed by atoms with E-state index >= 15 is 0 Å². The van der Waals surface area contributed by atoms with Crippen molar-refractivity contribution in [2.75, 3.05) is 19.6 Å². The SMILES string of the molecule is S=C(NCc1ccco1)NC[C@@H](c1ccco1)N1CCCCC1. The van der Waals surface area contributed by atoms with Crippen molar-refractivity contribution in [1.82, 2.24) is 15.5 Å². The molecule has 0 unspecified atom stereocenters. The number of furan rings is 2. The molecule has 3 heterocycles. The molecule has 1 fully saturated rings. The number of piperidine rings is 1. The van der Waals surface area contributed by atoms with Crippen molar-refractivity contribution in [3.05, 3.63) is 48.3 Å². The maximum absolute atomic E-state index is 5.64. The fourth-order valence-corrected chi connectivity index (χ4v) is 3.11. The molecule has 124 valence electrons. The molecule has 5 nitrogen and oxygen atoms in total. The first kappa shape index (κ1) is 16.1. The Kier molecular flexibility index (Phi) is 5.71. The summed E-state index contributed by atoms with van der Waals surface area (Å²) in [4.78, 5) is 2.48. The van der Waals surface area contributed by atoms with Gasteiger partial charge in [0, 0.05) is 6.54 Å². The van der Waals surface area contributed by atoms with Crippen LogP contribution in [0.2, 0.25) is 0 Å². The van der Waals surface area contributed by atoms with Crippen LogP contribution in [-0.4, -0.2) is 29.6 Å². The van der Waals surface area contributed by atoms with E-state index in [1.54, 1.807) is 12.5 Å². The number of likely N-dealkylation sites (tertiary alicyclic amines) is 1. The maximum atomic E-state index is 5.64. The minimum Gasteiger partial charge on any atom is -0.468 e. The van der Waals surface area contributed by atoms with Crippen LogP contribution < -0.4 is 10.6 Å². The van der Waals surface area contributed by atoms with Crippen molar-refractivity contribution in [3.8, 4) is 0 Å². The average molecular weight is 333 g/mol. The lowest BCUT2D eigenvalue weighted by molar-refractivity contribution is 0.146. The van der Waals surface area contributed by atoms with Crippen molar-refractivity contribution >= 4 is 17.3 Å². The summed E-state index contributed by atoms with van der Waals surface area (Å²) in [7, 11) is 0. The predicted octanol–water partition coefficient (Wildman–Crippen LogP) is 3.06. The number of hydrogen-bond acceptors (Lipinski definition) is 4. The van der Waals surface area contributed by atoms with Crippen LogP contribution in [0.25, 0.3) is 0 Å². The highest BCUT2D eigenvalue weighted by molar-refractivity contribution is 7.80. The molecule has 0 bridgehead atoms. The molecule has 2 aromatic heterocycles. The smallest absolute Gasteiger partial charge is 0.166 e. The van der Waals surface area contributed by atoms with Gasteiger partial charge in [0.05, 0.1) is 25.1 Å². The number of nitrogens with one attached hydrogen (secondary N) is 2. The van der Waals surface area contributed by atoms with Crippen LogP contribution in [0.3, 0.4) is 0 Å². The highest BCUT2D eigenvalue weighted by atomic mass is 32.1. The molecule has 6 heteroatoms. The molecule has 0 spiro atoms. The molecule has 1 aliphatic rings. The van der Waals surface area contributed by atoms with E-state index in [-0.39, 0.29) is 6.04 Å². The molecule has 1 aliphatic heterocycles. The molecule has 23 heavy (non-hydrogen) atoms. The first-order valence-corrected chi connectivity index (χ1v) is 8.55. The van der Waals surface area contributed by atoms with Gasteiger partial charge in [-0.3, -0.25) is 4.90 Å². The molecule has 0 amide bonds. The van der Waals surface area contributed by atoms with E-state index in [0.29, 0.717) is 11.7 Å². The van der Waals surface area contributed by atoms with E-state index < -0.39 is 0 Å². The summed E-state index contributed by atoms with van der Waals surface area (Å²) in [5.74, 6) is 1.86. The summed E-state index contributed by atoms with van der Waals surface area (Å²) in [6.45, 7) is 3.55. The number of rotatable bonds is 6. The van der Waals surface area contributed by atoms with Gasteiger partial charge < -0.3 is 19.5 Å². The molecule has 0 saturated carbocycles. The molecular formula is C17H23N3O2S. The second-order valence-electron chi connectivity index (χ2n) is 5.77. The van der Waals surface area contributed by atoms with Gasteiger partial charge in [0.2, 0.25) is 0 Å². The van der Waals surface area contributed by atoms with Crippen LogP contribution >= 0.6 is 12.2 Å². The Labute approximate surface area is 142 Å². The molecule has 0 aromatic carbocycles. The molecule has 2 aromatic rings. The summed E-state index contributed by atoms with van der Waals surface area (Å²) in [6.07, 6.45) is 7.21. The largest absolute Gasteiger partial charge is 0.468 e. The third kappa shape index (κ3) is 4.59. The Morgan fingerprint density at radius 3 is 2.57 bits per heavy atom. The predicted molar refractivity (Wildman–Crippen MR) is 93.0 cm³/mol. The van der Waals surface area contributed by atoms with Gasteiger partial charge in [0.1, 0.15) is 11.5 Å². The Bertz CT molecular complexity index is 577. The fourth-order valence-electron chi connectivity index (χ4n) is 2.95. The van der Waals surface area contributed by atoms with Gasteiger partial charge >= 0.3 is 0 Å². The monoisotopic (exact) mass is 333 g/mol. The van der Waals surface area contributed by atoms with Gasteiger partial charge in [-0.1, -0.05) is 6.42 Å². The second kappa shape index (κ2) is 8.17. The maximum Gasteiger partial charge on any atom is 0.166 e. The van der Waals surface area contributed by atoms with Crippen molar-refractivity contribution in [2.24, 2.45) is 0 Å². The third-order valence-corrected chi connectivity index (χ3v) is 4.45. The summed E-state index contributed by atoms with van der Waals surface area (Å²) in [5, 5.41) is 7.11. The van der Waals surface area contributed by atoms with Crippen molar-refractivity contribution in [1.29, 1.82) is 0 Å². The molecule has 1 saturated heterocycles. The van der Waals surface area contributed by atoms with Crippen LogP contribution in [0.4, 0.5) is 0 Å². The summed E-state index contributed by atoms with van der Waals surface area (Å²) < 4.78 is 10.9. The van der Waals surface area contributed by atoms with Gasteiger partial charge in [-0.05, 0) is 62.4 Å². The van der Waals surface area contributed by atoms with Crippen LogP contribution in [0, 0.1) is 0 Å². The lowest BCUT2D eigenvalue weighted by Gasteiger charge is -2.33. The summed E-state index contributed by atoms with van der Waals surface area (Å²) >= 11 is 5.36. The lowest BCUT2D eigenvalue weighted by Crippen LogP contribution is -2.43. The van der Waals surface area contributed by atoms with E-state index in [4.69, 9.17) is 21.1 Å². The Balaban J connectivity index is 1.52. The van der Waals surface area contributed by atoms with Crippen LogP contribution in [-0.2, 0) is 6.54 Å². The van der Waals surface area contributed by atoms with Crippen molar-refractivity contribution in [2.45, 2.75) is 31.8 Å². The normalized spacial score (nSPS) is 16.9. The lowest BCUT2D eigenvalue weighted by atomic mass is 10.1. The third-order valence-electron chi connectivity index (χ3n) is 4.16. The van der Waals surface area contributed by atoms with Crippen LogP contribution in [0.15, 0.2) is 45.6 Å². The van der Waals surface area contributed by atoms with Crippen molar-refractivity contribution in [3.63, 3.8) is 0 Å². The Morgan fingerprint density at radius 1 is 1.09 bits per heavy atom. The van der Waals surface area contributed by atoms with Gasteiger partial charge in [-0.15, -0.1) is 0 Å². The van der Waals surface area contributed by atoms with Crippen LogP contribution in [0.5, 0.6) is 0 Å². The highest BCUT2D eigenvalue weighted by Gasteiger charge is 2.24. The summed E-state index contributed by atoms with van der Waals surface area (Å²) in [5.41, 5.74) is 0. The fraction of sp³-hybridized carbons (Fsp3) is 0.471. The molecule has 1 atom stereocenters. The minimum atomic E-state index is 0.216. The second-order valence-corrected chi connectivity index (χ2v) is 6.18. The van der Waals surface area contributed by atoms with Gasteiger partial charge in [-0.25, -0.2) is 0 Å². The zero-order chi connectivity index (χ0) is 15.9. The van der Waals surface area contributed by atoms with E-state index in [9.17, 15) is 0 Å². The van der Waals surface area contributed by atoms with Gasteiger partial charge in [-0.2, -0.15) is 0 Å². The minimum absolute atomic E-state index is 0.216. The average Bonchev–Trinajstić information content (AvgIpc) is 3.28. The summed E-state index contributed by atoms with van der Waals surface area (Å²) in [6, 6.07) is 8.00. The van der Waals surface area contributed by atoms with Gasteiger partial charge in [0.25, 0.3) is 0 Å². The zero-order valence-corrected chi connectivity index (χ0v) is 14.0. The van der Waals surface area contributed by atoms with Crippen LogP contribution in [0.1, 0.15) is 36.8 Å². The zero-order valence-electron chi connectivity index (χ0n) is 13.2. The number of nitrogens with zero attached hydrogens (tertiary/aromatic N) is 1. The molecule has 0 aliphatic carbocycles. The number of thiocarbonyl (C=S) groups is 1. The Morgan fingerprint density at radius 2 is 1.87 bits per heavy atom. The quantitative estimate of drug-likeness (QED) is 0.793. The Hall–Kier alpha value is -1.79. The standard InChI is InChI=1S/C17H23N3O2S/c23-17(18-12-14-6-4-10-21-14)19-13-15(16-7-5-11-22-16)20-8-2-1-3-9-20/h4-7,10-11,15H,1-3,8-9,12-13H2,(H2,18,19,23)/t15-/m0/s1. The molecule has 0 radical (unpaired) electrons. The molecular weight excluding hydrogens is 310 g/mol. The van der Waals surface area contributed by atoms with E-state index in [2.05, 4.69) is 15.5 Å². The number of hydrogen-bond donors (Lipinski definition) is 2. The van der Waals surface area contributed by atoms with E-state index in [0.717, 1.165) is 31.2 Å². The van der Waals surface area contributed by atoms with Gasteiger partial charge in [0.15, 0.2) is 5.11 Å². The van der Waals surface area contributed by atoms with E-state index in [1.165, 1.54) is 19.3 Å². The first-order chi connectivity index (χ1) is 11.3. The molecule has 3 rings (SSSR count). The topological polar surface area (TPSA) is 53.6 Å². The van der Waals surface area contributed by atoms with Crippen molar-refractivity contribution < 1.29 is 8.83 Å².